The van der Waals surface area contributed by atoms with Crippen molar-refractivity contribution in [1.82, 2.24) is 4.31 Å². The Bertz CT molecular complexity index is 1370. The Balaban J connectivity index is 1.76. The lowest BCUT2D eigenvalue weighted by Gasteiger charge is -2.22. The maximum absolute atomic E-state index is 13.3. The molecule has 0 N–H and O–H groups in total. The fourth-order valence-electron chi connectivity index (χ4n) is 3.06. The van der Waals surface area contributed by atoms with Crippen LogP contribution in [0.5, 0.6) is 5.75 Å². The van der Waals surface area contributed by atoms with Crippen molar-refractivity contribution in [3.05, 3.63) is 84.9 Å². The summed E-state index contributed by atoms with van der Waals surface area (Å²) < 4.78 is 92.1. The van der Waals surface area contributed by atoms with Crippen molar-refractivity contribution in [2.75, 3.05) is 33.4 Å². The van der Waals surface area contributed by atoms with E-state index in [-0.39, 0.29) is 27.8 Å². The second-order valence-electron chi connectivity index (χ2n) is 7.26. The second kappa shape index (κ2) is 12.0. The molecule has 194 valence electrons. The van der Waals surface area contributed by atoms with Crippen molar-refractivity contribution in [1.29, 1.82) is 0 Å². The number of hydrogen-bond acceptors (Lipinski definition) is 9. The fraction of sp³-hybridized carbons (Fsp3) is 0.217. The number of rotatable bonds is 13. The molecule has 0 saturated carbocycles. The SMILES string of the molecule is COc1ccc(S(=O)(=O)N(CCOS(=O)(=O)c2ccccc2)CCOS(=O)(=O)c2ccccc2)cc1. The van der Waals surface area contributed by atoms with Crippen molar-refractivity contribution in [2.24, 2.45) is 0 Å². The van der Waals surface area contributed by atoms with Crippen LogP contribution in [-0.2, 0) is 38.6 Å². The van der Waals surface area contributed by atoms with Gasteiger partial charge < -0.3 is 4.74 Å². The predicted octanol–water partition coefficient (Wildman–Crippen LogP) is 2.50. The molecule has 0 aliphatic carbocycles. The number of methoxy groups -OCH3 is 1. The first-order chi connectivity index (χ1) is 17.1. The lowest BCUT2D eigenvalue weighted by Crippen LogP contribution is -2.37. The zero-order valence-electron chi connectivity index (χ0n) is 19.3. The molecule has 0 spiro atoms. The molecule has 0 heterocycles. The van der Waals surface area contributed by atoms with Gasteiger partial charge in [-0.3, -0.25) is 8.37 Å². The third-order valence-electron chi connectivity index (χ3n) is 4.92. The molecule has 3 aromatic rings. The van der Waals surface area contributed by atoms with Gasteiger partial charge in [-0.2, -0.15) is 21.1 Å². The molecule has 13 heteroatoms. The fourth-order valence-corrected chi connectivity index (χ4v) is 6.31. The third kappa shape index (κ3) is 7.12. The minimum absolute atomic E-state index is 0.0770. The molecular formula is C23H25NO9S3. The molecule has 36 heavy (non-hydrogen) atoms. The highest BCUT2D eigenvalue weighted by molar-refractivity contribution is 7.89. The summed E-state index contributed by atoms with van der Waals surface area (Å²) in [6.07, 6.45) is 0. The molecule has 3 rings (SSSR count). The summed E-state index contributed by atoms with van der Waals surface area (Å²) in [5, 5.41) is 0. The van der Waals surface area contributed by atoms with Crippen LogP contribution in [0, 0.1) is 0 Å². The Morgan fingerprint density at radius 2 is 1.00 bits per heavy atom. The van der Waals surface area contributed by atoms with E-state index < -0.39 is 43.5 Å². The monoisotopic (exact) mass is 555 g/mol. The average molecular weight is 556 g/mol. The van der Waals surface area contributed by atoms with E-state index in [1.54, 1.807) is 12.1 Å². The smallest absolute Gasteiger partial charge is 0.297 e. The second-order valence-corrected chi connectivity index (χ2v) is 12.4. The highest BCUT2D eigenvalue weighted by atomic mass is 32.2. The Hall–Kier alpha value is -2.81. The van der Waals surface area contributed by atoms with Gasteiger partial charge in [0.2, 0.25) is 10.0 Å². The lowest BCUT2D eigenvalue weighted by molar-refractivity contribution is 0.242. The molecule has 0 radical (unpaired) electrons. The Labute approximate surface area is 211 Å². The minimum Gasteiger partial charge on any atom is -0.497 e. The van der Waals surface area contributed by atoms with Crippen molar-refractivity contribution in [3.63, 3.8) is 0 Å². The first-order valence-corrected chi connectivity index (χ1v) is 14.8. The van der Waals surface area contributed by atoms with Crippen LogP contribution in [0.15, 0.2) is 99.6 Å². The van der Waals surface area contributed by atoms with Crippen LogP contribution in [0.4, 0.5) is 0 Å². The molecule has 0 atom stereocenters. The number of ether oxygens (including phenoxy) is 1. The van der Waals surface area contributed by atoms with Crippen LogP contribution in [-0.4, -0.2) is 63.0 Å². The molecule has 0 fully saturated rings. The summed E-state index contributed by atoms with van der Waals surface area (Å²) in [6.45, 7) is -1.76. The molecule has 0 bridgehead atoms. The van der Waals surface area contributed by atoms with Crippen LogP contribution in [0.25, 0.3) is 0 Å². The Morgan fingerprint density at radius 3 is 1.39 bits per heavy atom. The van der Waals surface area contributed by atoms with Crippen LogP contribution in [0.3, 0.4) is 0 Å². The predicted molar refractivity (Wildman–Crippen MR) is 131 cm³/mol. The van der Waals surface area contributed by atoms with E-state index in [2.05, 4.69) is 0 Å². The standard InChI is InChI=1S/C23H25NO9S3/c1-31-20-12-14-21(15-13-20)34(25,26)24(16-18-32-35(27,28)22-8-4-2-5-9-22)17-19-33-36(29,30)23-10-6-3-7-11-23/h2-15H,16-19H2,1H3. The Morgan fingerprint density at radius 1 is 0.583 bits per heavy atom. The quantitative estimate of drug-likeness (QED) is 0.292. The summed E-state index contributed by atoms with van der Waals surface area (Å²) in [6, 6.07) is 20.4. The number of sulfonamides is 1. The molecule has 3 aromatic carbocycles. The zero-order chi connectivity index (χ0) is 26.2. The summed E-state index contributed by atoms with van der Waals surface area (Å²) in [5.74, 6) is 0.440. The van der Waals surface area contributed by atoms with E-state index >= 15 is 0 Å². The van der Waals surface area contributed by atoms with Gasteiger partial charge in [0.1, 0.15) is 5.75 Å². The van der Waals surface area contributed by atoms with Crippen molar-refractivity contribution in [3.8, 4) is 5.75 Å². The van der Waals surface area contributed by atoms with Crippen LogP contribution >= 0.6 is 0 Å². The van der Waals surface area contributed by atoms with E-state index in [4.69, 9.17) is 13.1 Å². The van der Waals surface area contributed by atoms with Crippen molar-refractivity contribution < 1.29 is 38.4 Å². The molecule has 0 amide bonds. The summed E-state index contributed by atoms with van der Waals surface area (Å²) in [4.78, 5) is -0.251. The maximum atomic E-state index is 13.3. The third-order valence-corrected chi connectivity index (χ3v) is 9.49. The first kappa shape index (κ1) is 27.8. The molecule has 0 aliphatic rings. The minimum atomic E-state index is -4.16. The highest BCUT2D eigenvalue weighted by Crippen LogP contribution is 2.20. The van der Waals surface area contributed by atoms with Crippen molar-refractivity contribution >= 4 is 30.3 Å². The zero-order valence-corrected chi connectivity index (χ0v) is 21.7. The maximum Gasteiger partial charge on any atom is 0.297 e. The van der Waals surface area contributed by atoms with E-state index in [0.29, 0.717) is 5.75 Å². The molecular weight excluding hydrogens is 530 g/mol. The summed E-state index contributed by atoms with van der Waals surface area (Å²) in [7, 11) is -11.0. The Kier molecular flexibility index (Phi) is 9.22. The van der Waals surface area contributed by atoms with Gasteiger partial charge in [-0.25, -0.2) is 8.42 Å². The largest absolute Gasteiger partial charge is 0.497 e. The average Bonchev–Trinajstić information content (AvgIpc) is 2.88. The molecule has 0 unspecified atom stereocenters. The van der Waals surface area contributed by atoms with Crippen LogP contribution < -0.4 is 4.74 Å². The molecule has 10 nitrogen and oxygen atoms in total. The molecule has 0 aromatic heterocycles. The van der Waals surface area contributed by atoms with E-state index in [1.807, 2.05) is 0 Å². The van der Waals surface area contributed by atoms with Gasteiger partial charge in [0.25, 0.3) is 20.2 Å². The van der Waals surface area contributed by atoms with Gasteiger partial charge in [0, 0.05) is 13.1 Å². The molecule has 0 aliphatic heterocycles. The number of benzene rings is 3. The van der Waals surface area contributed by atoms with Crippen LogP contribution in [0.1, 0.15) is 0 Å². The number of hydrogen-bond donors (Lipinski definition) is 0. The van der Waals surface area contributed by atoms with Gasteiger partial charge >= 0.3 is 0 Å². The van der Waals surface area contributed by atoms with E-state index in [0.717, 1.165) is 4.31 Å². The van der Waals surface area contributed by atoms with Gasteiger partial charge in [-0.1, -0.05) is 36.4 Å². The van der Waals surface area contributed by atoms with E-state index in [9.17, 15) is 25.3 Å². The van der Waals surface area contributed by atoms with Crippen molar-refractivity contribution in [2.45, 2.75) is 14.7 Å². The first-order valence-electron chi connectivity index (χ1n) is 10.6. The van der Waals surface area contributed by atoms with Gasteiger partial charge in [0.05, 0.1) is 35.0 Å². The van der Waals surface area contributed by atoms with Gasteiger partial charge in [-0.05, 0) is 48.5 Å². The summed E-state index contributed by atoms with van der Waals surface area (Å²) >= 11 is 0. The van der Waals surface area contributed by atoms with Gasteiger partial charge in [0.15, 0.2) is 0 Å². The van der Waals surface area contributed by atoms with Gasteiger partial charge in [-0.15, -0.1) is 0 Å². The highest BCUT2D eigenvalue weighted by Gasteiger charge is 2.26. The lowest BCUT2D eigenvalue weighted by atomic mass is 10.3. The van der Waals surface area contributed by atoms with E-state index in [1.165, 1.54) is 79.9 Å². The topological polar surface area (TPSA) is 133 Å². The summed E-state index contributed by atoms with van der Waals surface area (Å²) in [5.41, 5.74) is 0. The normalized spacial score (nSPS) is 12.5. The number of nitrogens with zero attached hydrogens (tertiary/aromatic N) is 1. The van der Waals surface area contributed by atoms with Crippen LogP contribution in [0.2, 0.25) is 0 Å². The molecule has 0 saturated heterocycles.